The number of hydroxylamine groups is 2. The fraction of sp³-hybridized carbons (Fsp3) is 0.514. The molecule has 0 amide bonds. The van der Waals surface area contributed by atoms with E-state index in [1.54, 1.807) is 19.2 Å². The molecular formula is C37H50FN3O4. The highest BCUT2D eigenvalue weighted by atomic mass is 19.1. The predicted molar refractivity (Wildman–Crippen MR) is 177 cm³/mol. The van der Waals surface area contributed by atoms with Crippen molar-refractivity contribution in [3.63, 3.8) is 0 Å². The van der Waals surface area contributed by atoms with Crippen LogP contribution in [0.25, 0.3) is 11.1 Å². The number of anilines is 1. The van der Waals surface area contributed by atoms with Gasteiger partial charge >= 0.3 is 5.97 Å². The van der Waals surface area contributed by atoms with E-state index in [1.807, 2.05) is 46.6 Å². The number of nitrogens with zero attached hydrogens (tertiary/aromatic N) is 3. The smallest absolute Gasteiger partial charge is 0.340 e. The van der Waals surface area contributed by atoms with Crippen LogP contribution in [-0.2, 0) is 32.2 Å². The normalized spacial score (nSPS) is 15.8. The van der Waals surface area contributed by atoms with Crippen LogP contribution in [0.4, 0.5) is 10.1 Å². The fourth-order valence-electron chi connectivity index (χ4n) is 5.92. The van der Waals surface area contributed by atoms with E-state index >= 15 is 0 Å². The Labute approximate surface area is 268 Å². The number of carbonyl (C=O) groups excluding carboxylic acids is 1. The molecule has 1 atom stereocenters. The third kappa shape index (κ3) is 8.90. The van der Waals surface area contributed by atoms with Crippen LogP contribution < -0.4 is 4.90 Å². The summed E-state index contributed by atoms with van der Waals surface area (Å²) in [5.74, 6) is -0.657. The van der Waals surface area contributed by atoms with Crippen molar-refractivity contribution in [3.8, 4) is 11.1 Å². The lowest BCUT2D eigenvalue weighted by Gasteiger charge is -2.41. The Morgan fingerprint density at radius 3 is 2.04 bits per heavy atom. The zero-order chi connectivity index (χ0) is 32.9. The molecule has 0 spiro atoms. The second-order valence-corrected chi connectivity index (χ2v) is 13.7. The van der Waals surface area contributed by atoms with Crippen molar-refractivity contribution in [1.29, 1.82) is 0 Å². The lowest BCUT2D eigenvalue weighted by atomic mass is 9.81. The van der Waals surface area contributed by atoms with E-state index in [0.29, 0.717) is 13.1 Å². The first-order chi connectivity index (χ1) is 21.2. The molecule has 0 saturated carbocycles. The van der Waals surface area contributed by atoms with Gasteiger partial charge in [-0.2, -0.15) is 5.06 Å². The van der Waals surface area contributed by atoms with Gasteiger partial charge in [0.2, 0.25) is 0 Å². The number of aromatic nitrogens is 1. The van der Waals surface area contributed by atoms with Crippen LogP contribution in [0.1, 0.15) is 88.6 Å². The molecule has 0 N–H and O–H groups in total. The molecule has 0 radical (unpaired) electrons. The number of hydrogen-bond donors (Lipinski definition) is 0. The Morgan fingerprint density at radius 2 is 1.53 bits per heavy atom. The summed E-state index contributed by atoms with van der Waals surface area (Å²) in [5, 5.41) is 1.84. The monoisotopic (exact) mass is 619 g/mol. The van der Waals surface area contributed by atoms with Gasteiger partial charge in [-0.1, -0.05) is 50.2 Å². The van der Waals surface area contributed by atoms with Crippen molar-refractivity contribution >= 4 is 11.7 Å². The molecule has 1 saturated heterocycles. The molecule has 8 heteroatoms. The Bertz CT molecular complexity index is 1440. The lowest BCUT2D eigenvalue weighted by molar-refractivity contribution is -0.166. The zero-order valence-corrected chi connectivity index (χ0v) is 28.5. The van der Waals surface area contributed by atoms with Crippen LogP contribution >= 0.6 is 0 Å². The lowest BCUT2D eigenvalue weighted by Crippen LogP contribution is -2.39. The summed E-state index contributed by atoms with van der Waals surface area (Å²) in [6.45, 7) is 19.4. The van der Waals surface area contributed by atoms with Gasteiger partial charge in [-0.05, 0) is 88.6 Å². The third-order valence-corrected chi connectivity index (χ3v) is 8.38. The van der Waals surface area contributed by atoms with Gasteiger partial charge in [-0.3, -0.25) is 4.98 Å². The molecule has 0 bridgehead atoms. The maximum Gasteiger partial charge on any atom is 0.340 e. The molecule has 1 aliphatic heterocycles. The van der Waals surface area contributed by atoms with Crippen molar-refractivity contribution in [3.05, 3.63) is 82.4 Å². The van der Waals surface area contributed by atoms with Crippen LogP contribution in [0.3, 0.4) is 0 Å². The topological polar surface area (TPSA) is 64.1 Å². The highest BCUT2D eigenvalue weighted by Gasteiger charge is 2.37. The summed E-state index contributed by atoms with van der Waals surface area (Å²) in [6, 6.07) is 14.9. The Morgan fingerprint density at radius 1 is 0.978 bits per heavy atom. The predicted octanol–water partition coefficient (Wildman–Crippen LogP) is 8.11. The van der Waals surface area contributed by atoms with Gasteiger partial charge in [0, 0.05) is 48.7 Å². The van der Waals surface area contributed by atoms with E-state index in [2.05, 4.69) is 43.0 Å². The van der Waals surface area contributed by atoms with Crippen molar-refractivity contribution in [2.24, 2.45) is 5.41 Å². The molecule has 0 aliphatic carbocycles. The van der Waals surface area contributed by atoms with Crippen molar-refractivity contribution in [1.82, 2.24) is 10.0 Å². The third-order valence-electron chi connectivity index (χ3n) is 8.38. The first-order valence-corrected chi connectivity index (χ1v) is 15.9. The molecular weight excluding hydrogens is 569 g/mol. The number of carbonyl (C=O) groups is 1. The molecule has 2 aromatic carbocycles. The largest absolute Gasteiger partial charge is 0.464 e. The van der Waals surface area contributed by atoms with Crippen LogP contribution in [-0.4, -0.2) is 48.4 Å². The van der Waals surface area contributed by atoms with Crippen molar-refractivity contribution in [2.45, 2.75) is 93.0 Å². The number of ether oxygens (including phenoxy) is 2. The minimum Gasteiger partial charge on any atom is -0.464 e. The summed E-state index contributed by atoms with van der Waals surface area (Å²) in [6.07, 6.45) is 1.16. The van der Waals surface area contributed by atoms with Crippen molar-refractivity contribution in [2.75, 3.05) is 31.7 Å². The summed E-state index contributed by atoms with van der Waals surface area (Å²) in [7, 11) is 1.65. The van der Waals surface area contributed by atoms with Gasteiger partial charge < -0.3 is 19.2 Å². The highest BCUT2D eigenvalue weighted by molar-refractivity contribution is 5.88. The Balaban J connectivity index is 1.77. The summed E-state index contributed by atoms with van der Waals surface area (Å²) < 4.78 is 25.4. The molecule has 1 aromatic heterocycles. The van der Waals surface area contributed by atoms with E-state index in [1.165, 1.54) is 12.1 Å². The molecule has 4 rings (SSSR count). The van der Waals surface area contributed by atoms with Crippen molar-refractivity contribution < 1.29 is 23.5 Å². The number of halogens is 1. The molecule has 7 nitrogen and oxygen atoms in total. The standard InChI is InChI=1S/C37H50FN3O4/c1-10-44-35(42)34(45-36(4,5)6)32-26(3)39-25(2)31(33(32)40-21-19-37(7,8)20-22-40)29-15-11-27(12-16-29)23-41(43-9)24-28-13-17-30(38)18-14-28/h11-18,34H,10,19-24H2,1-9H3/t34-/m0/s1. The summed E-state index contributed by atoms with van der Waals surface area (Å²) in [5.41, 5.74) is 7.17. The maximum atomic E-state index is 13.5. The van der Waals surface area contributed by atoms with E-state index in [9.17, 15) is 9.18 Å². The van der Waals surface area contributed by atoms with E-state index in [-0.39, 0.29) is 17.8 Å². The van der Waals surface area contributed by atoms with Gasteiger partial charge in [0.1, 0.15) is 5.82 Å². The van der Waals surface area contributed by atoms with Crippen LogP contribution in [0.5, 0.6) is 0 Å². The fourth-order valence-corrected chi connectivity index (χ4v) is 5.92. The molecule has 0 unspecified atom stereocenters. The molecule has 244 valence electrons. The van der Waals surface area contributed by atoms with Crippen LogP contribution in [0, 0.1) is 25.1 Å². The van der Waals surface area contributed by atoms with Gasteiger partial charge in [-0.15, -0.1) is 0 Å². The second kappa shape index (κ2) is 14.4. The highest BCUT2D eigenvalue weighted by Crippen LogP contribution is 2.45. The Hall–Kier alpha value is -3.33. The average molecular weight is 620 g/mol. The van der Waals surface area contributed by atoms with Gasteiger partial charge in [0.25, 0.3) is 0 Å². The molecule has 1 aliphatic rings. The molecule has 2 heterocycles. The minimum absolute atomic E-state index is 0.249. The zero-order valence-electron chi connectivity index (χ0n) is 28.5. The number of rotatable bonds is 11. The molecule has 1 fully saturated rings. The van der Waals surface area contributed by atoms with E-state index in [0.717, 1.165) is 70.8 Å². The van der Waals surface area contributed by atoms with Crippen LogP contribution in [0.2, 0.25) is 0 Å². The van der Waals surface area contributed by atoms with Gasteiger partial charge in [0.05, 0.1) is 25.0 Å². The SMILES string of the molecule is CCOC(=O)[C@@H](OC(C)(C)C)c1c(C)nc(C)c(-c2ccc(CN(Cc3ccc(F)cc3)OC)cc2)c1N1CCC(C)(C)CC1. The number of benzene rings is 2. The van der Waals surface area contributed by atoms with E-state index < -0.39 is 17.7 Å². The first kappa shape index (κ1) is 34.5. The maximum absolute atomic E-state index is 13.5. The molecule has 3 aromatic rings. The minimum atomic E-state index is -0.914. The number of esters is 1. The second-order valence-electron chi connectivity index (χ2n) is 13.7. The van der Waals surface area contributed by atoms with Gasteiger partial charge in [0.15, 0.2) is 6.10 Å². The quantitative estimate of drug-likeness (QED) is 0.159. The Kier molecular flexibility index (Phi) is 11.1. The number of hydrogen-bond acceptors (Lipinski definition) is 7. The number of piperidine rings is 1. The molecule has 45 heavy (non-hydrogen) atoms. The number of aryl methyl sites for hydroxylation is 2. The summed E-state index contributed by atoms with van der Waals surface area (Å²) in [4.78, 5) is 26.6. The number of pyridine rings is 1. The summed E-state index contributed by atoms with van der Waals surface area (Å²) >= 11 is 0. The van der Waals surface area contributed by atoms with Gasteiger partial charge in [-0.25, -0.2) is 9.18 Å². The first-order valence-electron chi connectivity index (χ1n) is 15.9. The van der Waals surface area contributed by atoms with E-state index in [4.69, 9.17) is 19.3 Å². The van der Waals surface area contributed by atoms with Crippen LogP contribution in [0.15, 0.2) is 48.5 Å². The average Bonchev–Trinajstić information content (AvgIpc) is 2.97.